The molecule has 1 aromatic heterocycles. The van der Waals surface area contributed by atoms with E-state index in [9.17, 15) is 9.59 Å². The van der Waals surface area contributed by atoms with Crippen LogP contribution < -0.4 is 5.32 Å². The lowest BCUT2D eigenvalue weighted by Gasteiger charge is -2.12. The Balaban J connectivity index is 2.59. The van der Waals surface area contributed by atoms with Gasteiger partial charge in [-0.25, -0.2) is 4.79 Å². The number of thioether (sulfide) groups is 1. The van der Waals surface area contributed by atoms with Crippen molar-refractivity contribution in [3.05, 3.63) is 22.4 Å². The molecule has 0 bridgehead atoms. The molecule has 2 N–H and O–H groups in total. The first-order valence-corrected chi connectivity index (χ1v) is 6.97. The number of carbonyl (C=O) groups is 2. The van der Waals surface area contributed by atoms with E-state index in [-0.39, 0.29) is 5.91 Å². The van der Waals surface area contributed by atoms with Crippen molar-refractivity contribution < 1.29 is 14.7 Å². The van der Waals surface area contributed by atoms with E-state index in [1.54, 1.807) is 29.3 Å². The first-order chi connectivity index (χ1) is 7.65. The number of thiophene rings is 1. The minimum absolute atomic E-state index is 0.227. The van der Waals surface area contributed by atoms with Crippen LogP contribution in [0.5, 0.6) is 0 Å². The average Bonchev–Trinajstić information content (AvgIpc) is 2.75. The largest absolute Gasteiger partial charge is 0.479 e. The average molecular weight is 259 g/mol. The van der Waals surface area contributed by atoms with Crippen LogP contribution in [0.25, 0.3) is 0 Å². The Bertz CT molecular complexity index is 351. The summed E-state index contributed by atoms with van der Waals surface area (Å²) in [6.07, 6.45) is 2.25. The molecule has 16 heavy (non-hydrogen) atoms. The molecule has 0 fully saturated rings. The van der Waals surface area contributed by atoms with Crippen molar-refractivity contribution in [3.8, 4) is 0 Å². The predicted octanol–water partition coefficient (Wildman–Crippen LogP) is 1.74. The van der Waals surface area contributed by atoms with E-state index < -0.39 is 12.0 Å². The Morgan fingerprint density at radius 3 is 2.88 bits per heavy atom. The smallest absolute Gasteiger partial charge is 0.331 e. The highest BCUT2D eigenvalue weighted by Crippen LogP contribution is 2.19. The lowest BCUT2D eigenvalue weighted by Crippen LogP contribution is -2.33. The van der Waals surface area contributed by atoms with Crippen LogP contribution in [0.4, 0.5) is 0 Å². The predicted molar refractivity (Wildman–Crippen MR) is 65.8 cm³/mol. The molecule has 6 heteroatoms. The van der Waals surface area contributed by atoms with E-state index in [2.05, 4.69) is 5.32 Å². The van der Waals surface area contributed by atoms with Crippen molar-refractivity contribution >= 4 is 35.0 Å². The van der Waals surface area contributed by atoms with Gasteiger partial charge in [0.05, 0.1) is 0 Å². The molecule has 1 amide bonds. The van der Waals surface area contributed by atoms with E-state index >= 15 is 0 Å². The zero-order valence-electron chi connectivity index (χ0n) is 8.80. The third-order valence-corrected chi connectivity index (χ3v) is 3.46. The standard InChI is InChI=1S/C10H13NO3S2/c1-15-6-4-8(12)11-9(10(13)14)7-3-2-5-16-7/h2-3,5,9H,4,6H2,1H3,(H,11,12)(H,13,14). The van der Waals surface area contributed by atoms with Crippen molar-refractivity contribution in [2.24, 2.45) is 0 Å². The molecular weight excluding hydrogens is 246 g/mol. The molecule has 0 aliphatic heterocycles. The van der Waals surface area contributed by atoms with Gasteiger partial charge in [-0.1, -0.05) is 6.07 Å². The maximum Gasteiger partial charge on any atom is 0.331 e. The first-order valence-electron chi connectivity index (χ1n) is 4.69. The van der Waals surface area contributed by atoms with Gasteiger partial charge in [-0.2, -0.15) is 11.8 Å². The summed E-state index contributed by atoms with van der Waals surface area (Å²) in [6, 6.07) is 2.55. The number of hydrogen-bond acceptors (Lipinski definition) is 4. The summed E-state index contributed by atoms with van der Waals surface area (Å²) in [6.45, 7) is 0. The van der Waals surface area contributed by atoms with Crippen LogP contribution in [0.2, 0.25) is 0 Å². The number of hydrogen-bond donors (Lipinski definition) is 2. The summed E-state index contributed by atoms with van der Waals surface area (Å²) in [7, 11) is 0. The maximum absolute atomic E-state index is 11.4. The minimum Gasteiger partial charge on any atom is -0.479 e. The van der Waals surface area contributed by atoms with Crippen LogP contribution in [-0.4, -0.2) is 29.0 Å². The van der Waals surface area contributed by atoms with Crippen LogP contribution in [0.15, 0.2) is 17.5 Å². The van der Waals surface area contributed by atoms with Gasteiger partial charge in [-0.05, 0) is 17.7 Å². The highest BCUT2D eigenvalue weighted by molar-refractivity contribution is 7.98. The number of carboxylic acids is 1. The number of carboxylic acid groups (broad SMARTS) is 1. The fourth-order valence-electron chi connectivity index (χ4n) is 1.14. The molecular formula is C10H13NO3S2. The topological polar surface area (TPSA) is 66.4 Å². The van der Waals surface area contributed by atoms with Gasteiger partial charge in [0, 0.05) is 17.1 Å². The van der Waals surface area contributed by atoms with E-state index in [1.807, 2.05) is 6.26 Å². The highest BCUT2D eigenvalue weighted by Gasteiger charge is 2.22. The van der Waals surface area contributed by atoms with E-state index in [4.69, 9.17) is 5.11 Å². The molecule has 1 heterocycles. The molecule has 0 saturated heterocycles. The summed E-state index contributed by atoms with van der Waals surface area (Å²) in [5, 5.41) is 13.3. The third-order valence-electron chi connectivity index (χ3n) is 1.91. The Morgan fingerprint density at radius 1 is 1.62 bits per heavy atom. The molecule has 0 radical (unpaired) electrons. The molecule has 0 saturated carbocycles. The van der Waals surface area contributed by atoms with Gasteiger partial charge in [0.1, 0.15) is 0 Å². The molecule has 1 aromatic rings. The van der Waals surface area contributed by atoms with E-state index in [0.717, 1.165) is 0 Å². The van der Waals surface area contributed by atoms with Gasteiger partial charge in [0.25, 0.3) is 0 Å². The van der Waals surface area contributed by atoms with Gasteiger partial charge in [0.2, 0.25) is 5.91 Å². The van der Waals surface area contributed by atoms with Crippen molar-refractivity contribution in [2.75, 3.05) is 12.0 Å². The molecule has 0 aliphatic carbocycles. The molecule has 4 nitrogen and oxygen atoms in total. The Hall–Kier alpha value is -1.01. The number of carbonyl (C=O) groups excluding carboxylic acids is 1. The quantitative estimate of drug-likeness (QED) is 0.816. The molecule has 1 unspecified atom stereocenters. The van der Waals surface area contributed by atoms with Crippen molar-refractivity contribution in [1.29, 1.82) is 0 Å². The summed E-state index contributed by atoms with van der Waals surface area (Å²) in [4.78, 5) is 23.1. The highest BCUT2D eigenvalue weighted by atomic mass is 32.2. The Morgan fingerprint density at radius 2 is 2.38 bits per heavy atom. The van der Waals surface area contributed by atoms with Crippen molar-refractivity contribution in [1.82, 2.24) is 5.32 Å². The fourth-order valence-corrected chi connectivity index (χ4v) is 2.29. The zero-order valence-corrected chi connectivity index (χ0v) is 10.4. The third kappa shape index (κ3) is 3.86. The van der Waals surface area contributed by atoms with E-state index in [0.29, 0.717) is 17.1 Å². The second-order valence-corrected chi connectivity index (χ2v) is 5.06. The lowest BCUT2D eigenvalue weighted by molar-refractivity contribution is -0.141. The van der Waals surface area contributed by atoms with Crippen LogP contribution in [0.1, 0.15) is 17.3 Å². The molecule has 1 atom stereocenters. The van der Waals surface area contributed by atoms with Gasteiger partial charge in [-0.3, -0.25) is 4.79 Å². The van der Waals surface area contributed by atoms with Crippen molar-refractivity contribution in [2.45, 2.75) is 12.5 Å². The van der Waals surface area contributed by atoms with Crippen LogP contribution in [0, 0.1) is 0 Å². The normalized spacial score (nSPS) is 12.1. The summed E-state index contributed by atoms with van der Waals surface area (Å²) in [5.74, 6) is -0.557. The summed E-state index contributed by atoms with van der Waals surface area (Å²) >= 11 is 2.88. The summed E-state index contributed by atoms with van der Waals surface area (Å²) in [5.41, 5.74) is 0. The SMILES string of the molecule is CSCCC(=O)NC(C(=O)O)c1cccs1. The molecule has 1 rings (SSSR count). The second kappa shape index (κ2) is 6.55. The molecule has 0 aromatic carbocycles. The number of rotatable bonds is 6. The van der Waals surface area contributed by atoms with Gasteiger partial charge < -0.3 is 10.4 Å². The molecule has 0 spiro atoms. The lowest BCUT2D eigenvalue weighted by atomic mass is 10.2. The Labute approximate surface area is 102 Å². The Kier molecular flexibility index (Phi) is 5.34. The van der Waals surface area contributed by atoms with Crippen LogP contribution in [-0.2, 0) is 9.59 Å². The van der Waals surface area contributed by atoms with Crippen molar-refractivity contribution in [3.63, 3.8) is 0 Å². The first kappa shape index (κ1) is 13.1. The molecule has 0 aliphatic rings. The summed E-state index contributed by atoms with van der Waals surface area (Å²) < 4.78 is 0. The number of nitrogens with one attached hydrogen (secondary N) is 1. The second-order valence-electron chi connectivity index (χ2n) is 3.10. The van der Waals surface area contributed by atoms with Gasteiger partial charge >= 0.3 is 5.97 Å². The minimum atomic E-state index is -1.03. The van der Waals surface area contributed by atoms with Gasteiger partial charge in [-0.15, -0.1) is 11.3 Å². The molecule has 88 valence electrons. The zero-order chi connectivity index (χ0) is 12.0. The van der Waals surface area contributed by atoms with Crippen LogP contribution >= 0.6 is 23.1 Å². The number of aliphatic carboxylic acids is 1. The fraction of sp³-hybridized carbons (Fsp3) is 0.400. The maximum atomic E-state index is 11.4. The van der Waals surface area contributed by atoms with E-state index in [1.165, 1.54) is 11.3 Å². The monoisotopic (exact) mass is 259 g/mol. The van der Waals surface area contributed by atoms with Crippen LogP contribution in [0.3, 0.4) is 0 Å². The number of amides is 1. The van der Waals surface area contributed by atoms with Gasteiger partial charge in [0.15, 0.2) is 6.04 Å².